The molecule has 2 fully saturated rings. The number of benzene rings is 1. The molecule has 1 aliphatic carbocycles. The molecule has 126 valence electrons. The molecule has 0 unspecified atom stereocenters. The number of nitrogens with zero attached hydrogens (tertiary/aromatic N) is 2. The second-order valence-electron chi connectivity index (χ2n) is 7.67. The van der Waals surface area contributed by atoms with Crippen LogP contribution in [-0.2, 0) is 11.3 Å². The van der Waals surface area contributed by atoms with Gasteiger partial charge in [-0.05, 0) is 73.9 Å². The number of rotatable bonds is 2. The summed E-state index contributed by atoms with van der Waals surface area (Å²) in [6, 6.07) is 8.73. The minimum atomic E-state index is -0.424. The summed E-state index contributed by atoms with van der Waals surface area (Å²) in [5.74, 6) is 0. The Morgan fingerprint density at radius 1 is 1.22 bits per heavy atom. The Morgan fingerprint density at radius 3 is 2.43 bits per heavy atom. The summed E-state index contributed by atoms with van der Waals surface area (Å²) in [5, 5.41) is 0. The molecule has 0 aromatic heterocycles. The third-order valence-electron chi connectivity index (χ3n) is 4.56. The predicted molar refractivity (Wildman–Crippen MR) is 99.3 cm³/mol. The van der Waals surface area contributed by atoms with Gasteiger partial charge in [-0.3, -0.25) is 4.90 Å². The van der Waals surface area contributed by atoms with E-state index in [-0.39, 0.29) is 11.6 Å². The number of amides is 1. The van der Waals surface area contributed by atoms with Gasteiger partial charge in [0.1, 0.15) is 5.60 Å². The van der Waals surface area contributed by atoms with E-state index < -0.39 is 5.60 Å². The largest absolute Gasteiger partial charge is 0.444 e. The van der Waals surface area contributed by atoms with Gasteiger partial charge < -0.3 is 9.64 Å². The van der Waals surface area contributed by atoms with E-state index in [2.05, 4.69) is 51.8 Å². The molecule has 1 spiro atoms. The van der Waals surface area contributed by atoms with E-state index in [4.69, 9.17) is 4.74 Å². The van der Waals surface area contributed by atoms with Gasteiger partial charge >= 0.3 is 6.09 Å². The van der Waals surface area contributed by atoms with Crippen LogP contribution in [0.15, 0.2) is 24.3 Å². The topological polar surface area (TPSA) is 32.8 Å². The van der Waals surface area contributed by atoms with E-state index in [0.717, 1.165) is 26.2 Å². The van der Waals surface area contributed by atoms with Crippen molar-refractivity contribution in [1.82, 2.24) is 9.80 Å². The van der Waals surface area contributed by atoms with Crippen LogP contribution in [0.25, 0.3) is 0 Å². The van der Waals surface area contributed by atoms with Crippen LogP contribution in [0.4, 0.5) is 4.79 Å². The molecule has 23 heavy (non-hydrogen) atoms. The predicted octanol–water partition coefficient (Wildman–Crippen LogP) is 3.88. The average Bonchev–Trinajstić information content (AvgIpc) is 3.22. The van der Waals surface area contributed by atoms with Crippen LogP contribution in [0.3, 0.4) is 0 Å². The first-order chi connectivity index (χ1) is 10.8. The van der Waals surface area contributed by atoms with Crippen LogP contribution in [-0.4, -0.2) is 46.7 Å². The van der Waals surface area contributed by atoms with Crippen molar-refractivity contribution in [1.29, 1.82) is 0 Å². The molecule has 5 heteroatoms. The molecule has 1 aliphatic heterocycles. The fourth-order valence-corrected chi connectivity index (χ4v) is 3.53. The van der Waals surface area contributed by atoms with Crippen molar-refractivity contribution in [3.8, 4) is 0 Å². The number of carbonyl (C=O) groups is 1. The van der Waals surface area contributed by atoms with Gasteiger partial charge in [-0.25, -0.2) is 4.79 Å². The molecule has 1 aromatic carbocycles. The highest BCUT2D eigenvalue weighted by Crippen LogP contribution is 2.45. The van der Waals surface area contributed by atoms with Crippen LogP contribution in [0, 0.1) is 3.57 Å². The van der Waals surface area contributed by atoms with Crippen LogP contribution >= 0.6 is 22.6 Å². The Balaban J connectivity index is 1.62. The lowest BCUT2D eigenvalue weighted by molar-refractivity contribution is -0.00238. The quantitative estimate of drug-likeness (QED) is 0.671. The standard InChI is InChI=1S/C18H25IN2O2/c1-17(2,3)23-16(22)20-10-11-21(18(13-20)8-9-18)12-14-4-6-15(19)7-5-14/h4-7H,8-13H2,1-3H3. The van der Waals surface area contributed by atoms with Gasteiger partial charge in [-0.1, -0.05) is 12.1 Å². The molecule has 1 amide bonds. The van der Waals surface area contributed by atoms with Crippen molar-refractivity contribution in [3.63, 3.8) is 0 Å². The molecule has 1 saturated carbocycles. The summed E-state index contributed by atoms with van der Waals surface area (Å²) in [4.78, 5) is 16.8. The van der Waals surface area contributed by atoms with Crippen LogP contribution in [0.5, 0.6) is 0 Å². The van der Waals surface area contributed by atoms with Crippen LogP contribution < -0.4 is 0 Å². The summed E-state index contributed by atoms with van der Waals surface area (Å²) < 4.78 is 6.80. The van der Waals surface area contributed by atoms with E-state index in [9.17, 15) is 4.79 Å². The van der Waals surface area contributed by atoms with Gasteiger partial charge in [0.25, 0.3) is 0 Å². The first kappa shape index (κ1) is 17.0. The lowest BCUT2D eigenvalue weighted by Gasteiger charge is -2.42. The highest BCUT2D eigenvalue weighted by molar-refractivity contribution is 14.1. The molecule has 3 rings (SSSR count). The Labute approximate surface area is 152 Å². The van der Waals surface area contributed by atoms with Crippen molar-refractivity contribution in [2.75, 3.05) is 19.6 Å². The Hall–Kier alpha value is -0.820. The Morgan fingerprint density at radius 2 is 1.87 bits per heavy atom. The third-order valence-corrected chi connectivity index (χ3v) is 5.28. The lowest BCUT2D eigenvalue weighted by atomic mass is 10.1. The Kier molecular flexibility index (Phi) is 4.62. The van der Waals surface area contributed by atoms with Crippen molar-refractivity contribution < 1.29 is 9.53 Å². The summed E-state index contributed by atoms with van der Waals surface area (Å²) in [5.41, 5.74) is 1.10. The molecule has 0 atom stereocenters. The average molecular weight is 428 g/mol. The highest BCUT2D eigenvalue weighted by atomic mass is 127. The zero-order valence-corrected chi connectivity index (χ0v) is 16.3. The van der Waals surface area contributed by atoms with E-state index in [1.165, 1.54) is 22.0 Å². The second kappa shape index (κ2) is 6.24. The maximum Gasteiger partial charge on any atom is 0.410 e. The van der Waals surface area contributed by atoms with E-state index >= 15 is 0 Å². The smallest absolute Gasteiger partial charge is 0.410 e. The molecular weight excluding hydrogens is 403 g/mol. The van der Waals surface area contributed by atoms with Gasteiger partial charge in [-0.2, -0.15) is 0 Å². The van der Waals surface area contributed by atoms with Crippen LogP contribution in [0.1, 0.15) is 39.2 Å². The number of piperazine rings is 1. The normalized spacial score (nSPS) is 20.6. The zero-order valence-electron chi connectivity index (χ0n) is 14.1. The minimum Gasteiger partial charge on any atom is -0.444 e. The van der Waals surface area contributed by atoms with Gasteiger partial charge in [0.15, 0.2) is 0 Å². The molecule has 0 radical (unpaired) electrons. The maximum absolute atomic E-state index is 12.3. The first-order valence-corrected chi connectivity index (χ1v) is 9.33. The maximum atomic E-state index is 12.3. The molecule has 2 aliphatic rings. The Bertz CT molecular complexity index is 576. The van der Waals surface area contributed by atoms with Gasteiger partial charge in [0.05, 0.1) is 0 Å². The van der Waals surface area contributed by atoms with Gasteiger partial charge in [0, 0.05) is 35.3 Å². The first-order valence-electron chi connectivity index (χ1n) is 8.25. The fraction of sp³-hybridized carbons (Fsp3) is 0.611. The molecule has 1 saturated heterocycles. The summed E-state index contributed by atoms with van der Waals surface area (Å²) in [6.07, 6.45) is 2.19. The summed E-state index contributed by atoms with van der Waals surface area (Å²) in [6.45, 7) is 9.21. The summed E-state index contributed by atoms with van der Waals surface area (Å²) >= 11 is 2.34. The fourth-order valence-electron chi connectivity index (χ4n) is 3.17. The molecule has 0 N–H and O–H groups in total. The number of hydrogen-bond donors (Lipinski definition) is 0. The van der Waals surface area contributed by atoms with Crippen molar-refractivity contribution in [3.05, 3.63) is 33.4 Å². The van der Waals surface area contributed by atoms with E-state index in [1.54, 1.807) is 0 Å². The second-order valence-corrected chi connectivity index (χ2v) is 8.92. The van der Waals surface area contributed by atoms with Gasteiger partial charge in [-0.15, -0.1) is 0 Å². The molecule has 4 nitrogen and oxygen atoms in total. The summed E-state index contributed by atoms with van der Waals surface area (Å²) in [7, 11) is 0. The number of hydrogen-bond acceptors (Lipinski definition) is 3. The monoisotopic (exact) mass is 428 g/mol. The van der Waals surface area contributed by atoms with E-state index in [1.807, 2.05) is 25.7 Å². The van der Waals surface area contributed by atoms with Gasteiger partial charge in [0.2, 0.25) is 0 Å². The number of ether oxygens (including phenoxy) is 1. The third kappa shape index (κ3) is 4.18. The van der Waals surface area contributed by atoms with Crippen molar-refractivity contribution in [2.24, 2.45) is 0 Å². The molecular formula is C18H25IN2O2. The van der Waals surface area contributed by atoms with Crippen molar-refractivity contribution >= 4 is 28.7 Å². The highest BCUT2D eigenvalue weighted by Gasteiger charge is 2.52. The SMILES string of the molecule is CC(C)(C)OC(=O)N1CCN(Cc2ccc(I)cc2)C2(CC2)C1. The number of carbonyl (C=O) groups excluding carboxylic acids is 1. The molecule has 0 bridgehead atoms. The van der Waals surface area contributed by atoms with Crippen LogP contribution in [0.2, 0.25) is 0 Å². The minimum absolute atomic E-state index is 0.169. The van der Waals surface area contributed by atoms with Crippen molar-refractivity contribution in [2.45, 2.75) is 51.3 Å². The zero-order chi connectivity index (χ0) is 16.7. The van der Waals surface area contributed by atoms with E-state index in [0.29, 0.717) is 0 Å². The lowest BCUT2D eigenvalue weighted by Crippen LogP contribution is -2.56. The number of halogens is 1. The molecule has 1 heterocycles. The molecule has 1 aromatic rings.